The predicted octanol–water partition coefficient (Wildman–Crippen LogP) is 3.82. The zero-order chi connectivity index (χ0) is 24.9. The summed E-state index contributed by atoms with van der Waals surface area (Å²) in [4.78, 5) is 12.2. The lowest BCUT2D eigenvalue weighted by atomic mass is 10.0. The Morgan fingerprint density at radius 2 is 1.60 bits per heavy atom. The molecule has 3 aromatic rings. The van der Waals surface area contributed by atoms with Crippen molar-refractivity contribution in [2.75, 3.05) is 40.5 Å². The van der Waals surface area contributed by atoms with Crippen LogP contribution in [0.4, 0.5) is 0 Å². The van der Waals surface area contributed by atoms with Gasteiger partial charge in [0.15, 0.2) is 11.5 Å². The number of benzene rings is 3. The standard InChI is InChI=1S/C28H31NO6/c1-32-26-10-6-7-11-27(26)34-17-16-29-19-23(30)20-35-24-14-12-21(13-15-24)18-25(28(31)33-2)22-8-4-3-5-9-22/h3-15,18,23,29-30H,16-17,19-20H2,1-2H3. The molecule has 0 amide bonds. The molecule has 1 atom stereocenters. The zero-order valence-electron chi connectivity index (χ0n) is 20.0. The Morgan fingerprint density at radius 3 is 2.29 bits per heavy atom. The van der Waals surface area contributed by atoms with Crippen molar-refractivity contribution in [1.29, 1.82) is 0 Å². The molecule has 0 aliphatic rings. The van der Waals surface area contributed by atoms with Gasteiger partial charge in [0.1, 0.15) is 25.1 Å². The Morgan fingerprint density at radius 1 is 0.914 bits per heavy atom. The maximum Gasteiger partial charge on any atom is 0.338 e. The van der Waals surface area contributed by atoms with Crippen LogP contribution < -0.4 is 19.5 Å². The number of carbonyl (C=O) groups excluding carboxylic acids is 1. The summed E-state index contributed by atoms with van der Waals surface area (Å²) in [5, 5.41) is 13.3. The molecule has 0 saturated carbocycles. The largest absolute Gasteiger partial charge is 0.493 e. The number of nitrogens with one attached hydrogen (secondary N) is 1. The van der Waals surface area contributed by atoms with E-state index in [-0.39, 0.29) is 6.61 Å². The Labute approximate surface area is 205 Å². The van der Waals surface area contributed by atoms with Gasteiger partial charge >= 0.3 is 5.97 Å². The molecule has 3 rings (SSSR count). The van der Waals surface area contributed by atoms with Crippen molar-refractivity contribution >= 4 is 17.6 Å². The molecule has 7 heteroatoms. The zero-order valence-corrected chi connectivity index (χ0v) is 20.0. The summed E-state index contributed by atoms with van der Waals surface area (Å²) in [6.45, 7) is 1.53. The Hall–Kier alpha value is -3.81. The van der Waals surface area contributed by atoms with Crippen LogP contribution in [0.25, 0.3) is 11.6 Å². The topological polar surface area (TPSA) is 86.3 Å². The summed E-state index contributed by atoms with van der Waals surface area (Å²) in [5.74, 6) is 1.59. The first kappa shape index (κ1) is 25.8. The summed E-state index contributed by atoms with van der Waals surface area (Å²) in [6.07, 6.45) is 1.10. The minimum Gasteiger partial charge on any atom is -0.493 e. The van der Waals surface area contributed by atoms with Crippen LogP contribution in [0.1, 0.15) is 11.1 Å². The number of ether oxygens (including phenoxy) is 4. The molecule has 184 valence electrons. The van der Waals surface area contributed by atoms with Crippen LogP contribution >= 0.6 is 0 Å². The fourth-order valence-electron chi connectivity index (χ4n) is 3.31. The van der Waals surface area contributed by atoms with Crippen molar-refractivity contribution in [2.24, 2.45) is 0 Å². The van der Waals surface area contributed by atoms with Crippen LogP contribution in [-0.4, -0.2) is 57.7 Å². The third kappa shape index (κ3) is 8.17. The molecule has 0 bridgehead atoms. The summed E-state index contributed by atoms with van der Waals surface area (Å²) < 4.78 is 21.6. The van der Waals surface area contributed by atoms with Gasteiger partial charge in [0.25, 0.3) is 0 Å². The second-order valence-corrected chi connectivity index (χ2v) is 7.65. The fourth-order valence-corrected chi connectivity index (χ4v) is 3.31. The summed E-state index contributed by atoms with van der Waals surface area (Å²) in [7, 11) is 2.97. The molecule has 1 unspecified atom stereocenters. The molecule has 0 spiro atoms. The van der Waals surface area contributed by atoms with Crippen molar-refractivity contribution < 1.29 is 28.8 Å². The molecule has 0 aliphatic heterocycles. The average molecular weight is 478 g/mol. The van der Waals surface area contributed by atoms with Gasteiger partial charge in [0, 0.05) is 13.1 Å². The number of aliphatic hydroxyl groups is 1. The predicted molar refractivity (Wildman–Crippen MR) is 136 cm³/mol. The van der Waals surface area contributed by atoms with E-state index in [2.05, 4.69) is 5.32 Å². The minimum atomic E-state index is -0.676. The van der Waals surface area contributed by atoms with Crippen LogP contribution in [0.3, 0.4) is 0 Å². The van der Waals surface area contributed by atoms with Crippen LogP contribution in [0.15, 0.2) is 78.9 Å². The lowest BCUT2D eigenvalue weighted by molar-refractivity contribution is -0.133. The monoisotopic (exact) mass is 477 g/mol. The molecule has 7 nitrogen and oxygen atoms in total. The molecule has 0 saturated heterocycles. The third-order valence-corrected chi connectivity index (χ3v) is 5.11. The highest BCUT2D eigenvalue weighted by Gasteiger charge is 2.12. The van der Waals surface area contributed by atoms with Crippen LogP contribution in [0.5, 0.6) is 17.2 Å². The first-order valence-electron chi connectivity index (χ1n) is 11.3. The molecule has 2 N–H and O–H groups in total. The van der Waals surface area contributed by atoms with E-state index < -0.39 is 12.1 Å². The van der Waals surface area contributed by atoms with Gasteiger partial charge in [0.05, 0.1) is 19.8 Å². The summed E-state index contributed by atoms with van der Waals surface area (Å²) in [5.41, 5.74) is 2.08. The number of hydrogen-bond donors (Lipinski definition) is 2. The van der Waals surface area contributed by atoms with Crippen molar-refractivity contribution in [3.63, 3.8) is 0 Å². The van der Waals surface area contributed by atoms with Crippen molar-refractivity contribution in [1.82, 2.24) is 5.32 Å². The van der Waals surface area contributed by atoms with Gasteiger partial charge < -0.3 is 29.4 Å². The number of rotatable bonds is 13. The number of para-hydroxylation sites is 2. The smallest absolute Gasteiger partial charge is 0.338 e. The maximum atomic E-state index is 12.2. The number of methoxy groups -OCH3 is 2. The van der Waals surface area contributed by atoms with E-state index in [0.717, 1.165) is 11.1 Å². The second kappa shape index (κ2) is 13.8. The highest BCUT2D eigenvalue weighted by molar-refractivity contribution is 6.21. The van der Waals surface area contributed by atoms with Crippen molar-refractivity contribution in [3.05, 3.63) is 90.0 Å². The van der Waals surface area contributed by atoms with Crippen LogP contribution in [0.2, 0.25) is 0 Å². The van der Waals surface area contributed by atoms with Gasteiger partial charge in [-0.3, -0.25) is 0 Å². The molecule has 0 fully saturated rings. The number of hydrogen-bond acceptors (Lipinski definition) is 7. The Bertz CT molecular complexity index is 1080. The van der Waals surface area contributed by atoms with E-state index in [1.165, 1.54) is 7.11 Å². The SMILES string of the molecule is COC(=O)C(=Cc1ccc(OCC(O)CNCCOc2ccccc2OC)cc1)c1ccccc1. The lowest BCUT2D eigenvalue weighted by Crippen LogP contribution is -2.33. The van der Waals surface area contributed by atoms with E-state index in [0.29, 0.717) is 42.5 Å². The van der Waals surface area contributed by atoms with Crippen molar-refractivity contribution in [2.45, 2.75) is 6.10 Å². The number of carbonyl (C=O) groups is 1. The normalized spacial score (nSPS) is 12.0. The molecule has 0 radical (unpaired) electrons. The number of aliphatic hydroxyl groups excluding tert-OH is 1. The van der Waals surface area contributed by atoms with E-state index in [1.54, 1.807) is 25.3 Å². The molecule has 0 heterocycles. The molecular formula is C28H31NO6. The molecular weight excluding hydrogens is 446 g/mol. The number of esters is 1. The van der Waals surface area contributed by atoms with Crippen molar-refractivity contribution in [3.8, 4) is 17.2 Å². The first-order chi connectivity index (χ1) is 17.1. The van der Waals surface area contributed by atoms with Gasteiger partial charge in [0.2, 0.25) is 0 Å². The molecule has 0 aliphatic carbocycles. The summed E-state index contributed by atoms with van der Waals surface area (Å²) >= 11 is 0. The Balaban J connectivity index is 1.43. The molecule has 3 aromatic carbocycles. The van der Waals surface area contributed by atoms with Gasteiger partial charge in [-0.05, 0) is 41.5 Å². The second-order valence-electron chi connectivity index (χ2n) is 7.65. The van der Waals surface area contributed by atoms with E-state index in [4.69, 9.17) is 18.9 Å². The van der Waals surface area contributed by atoms with E-state index in [1.807, 2.05) is 66.7 Å². The van der Waals surface area contributed by atoms with E-state index in [9.17, 15) is 9.90 Å². The minimum absolute atomic E-state index is 0.146. The van der Waals surface area contributed by atoms with Gasteiger partial charge in [-0.15, -0.1) is 0 Å². The average Bonchev–Trinajstić information content (AvgIpc) is 2.91. The van der Waals surface area contributed by atoms with Gasteiger partial charge in [-0.25, -0.2) is 4.79 Å². The van der Waals surface area contributed by atoms with Crippen LogP contribution in [-0.2, 0) is 9.53 Å². The lowest BCUT2D eigenvalue weighted by Gasteiger charge is -2.14. The molecule has 35 heavy (non-hydrogen) atoms. The fraction of sp³-hybridized carbons (Fsp3) is 0.250. The highest BCUT2D eigenvalue weighted by atomic mass is 16.5. The third-order valence-electron chi connectivity index (χ3n) is 5.11. The molecule has 0 aromatic heterocycles. The van der Waals surface area contributed by atoms with E-state index >= 15 is 0 Å². The van der Waals surface area contributed by atoms with Gasteiger partial charge in [-0.1, -0.05) is 54.6 Å². The first-order valence-corrected chi connectivity index (χ1v) is 11.3. The Kier molecular flexibility index (Phi) is 10.2. The quantitative estimate of drug-likeness (QED) is 0.168. The van der Waals surface area contributed by atoms with Gasteiger partial charge in [-0.2, -0.15) is 0 Å². The van der Waals surface area contributed by atoms with Crippen LogP contribution in [0, 0.1) is 0 Å². The highest BCUT2D eigenvalue weighted by Crippen LogP contribution is 2.25. The maximum absolute atomic E-state index is 12.2. The summed E-state index contributed by atoms with van der Waals surface area (Å²) in [6, 6.07) is 24.1.